The second kappa shape index (κ2) is 8.44. The predicted octanol–water partition coefficient (Wildman–Crippen LogP) is 8.31. The molecule has 0 atom stereocenters. The monoisotopic (exact) mass is 452 g/mol. The zero-order valence-corrected chi connectivity index (χ0v) is 19.9. The summed E-state index contributed by atoms with van der Waals surface area (Å²) in [7, 11) is 0. The van der Waals surface area contributed by atoms with E-state index in [1.807, 2.05) is 17.4 Å². The van der Waals surface area contributed by atoms with E-state index in [2.05, 4.69) is 123 Å². The highest BCUT2D eigenvalue weighted by Gasteiger charge is 2.15. The maximum Gasteiger partial charge on any atom is 0.0434 e. The zero-order valence-electron chi connectivity index (χ0n) is 19.1. The van der Waals surface area contributed by atoms with Crippen molar-refractivity contribution in [1.82, 2.24) is 0 Å². The maximum absolute atomic E-state index is 3.93. The van der Waals surface area contributed by atoms with Crippen LogP contribution < -0.4 is 10.4 Å². The van der Waals surface area contributed by atoms with Gasteiger partial charge in [-0.3, -0.25) is 0 Å². The number of thiophene rings is 1. The average molecular weight is 453 g/mol. The van der Waals surface area contributed by atoms with Crippen LogP contribution in [0.15, 0.2) is 110 Å². The lowest BCUT2D eigenvalue weighted by Gasteiger charge is -2.09. The van der Waals surface area contributed by atoms with E-state index in [1.165, 1.54) is 63.6 Å². The lowest BCUT2D eigenvalue weighted by Crippen LogP contribution is -2.24. The summed E-state index contributed by atoms with van der Waals surface area (Å²) in [6, 6.07) is 35.5. The molecule has 1 heterocycles. The van der Waals surface area contributed by atoms with Gasteiger partial charge < -0.3 is 0 Å². The van der Waals surface area contributed by atoms with Crippen LogP contribution in [0.2, 0.25) is 0 Å². The van der Waals surface area contributed by atoms with Gasteiger partial charge in [0.2, 0.25) is 0 Å². The van der Waals surface area contributed by atoms with Crippen LogP contribution in [0, 0.1) is 0 Å². The molecule has 0 aliphatic carbocycles. The van der Waals surface area contributed by atoms with E-state index in [-0.39, 0.29) is 0 Å². The van der Waals surface area contributed by atoms with Gasteiger partial charge in [-0.25, -0.2) is 0 Å². The molecule has 1 aromatic heterocycles. The van der Waals surface area contributed by atoms with Gasteiger partial charge in [0.05, 0.1) is 0 Å². The summed E-state index contributed by atoms with van der Waals surface area (Å²) < 4.78 is 1.32. The molecule has 0 amide bonds. The largest absolute Gasteiger partial charge is 0.135 e. The van der Waals surface area contributed by atoms with Crippen LogP contribution in [-0.2, 0) is 0 Å². The summed E-state index contributed by atoms with van der Waals surface area (Å²) >= 11 is 1.88. The Hall–Kier alpha value is -3.94. The van der Waals surface area contributed by atoms with Gasteiger partial charge in [0.1, 0.15) is 0 Å². The van der Waals surface area contributed by atoms with E-state index >= 15 is 0 Å². The standard InChI is InChI=1S/C33H24S/c1-3-10-28-22(4-2)15-17-25-19-27-20-26(18-16-24(27)21-30(25)28)33-32(23-11-6-5-7-12-23)29-13-8-9-14-31(29)34-33/h3-21H,1H2,2H3. The molecule has 0 fully saturated rings. The molecule has 0 unspecified atom stereocenters. The number of benzene rings is 5. The normalized spacial score (nSPS) is 12.7. The number of allylic oxidation sites excluding steroid dienone is 1. The van der Waals surface area contributed by atoms with Crippen molar-refractivity contribution in [2.24, 2.45) is 0 Å². The molecule has 0 aliphatic heterocycles. The Balaban J connectivity index is 1.62. The predicted molar refractivity (Wildman–Crippen MR) is 152 cm³/mol. The quantitative estimate of drug-likeness (QED) is 0.237. The molecule has 34 heavy (non-hydrogen) atoms. The van der Waals surface area contributed by atoms with Crippen molar-refractivity contribution < 1.29 is 0 Å². The Morgan fingerprint density at radius 1 is 0.676 bits per heavy atom. The van der Waals surface area contributed by atoms with Crippen molar-refractivity contribution in [3.63, 3.8) is 0 Å². The molecule has 0 N–H and O–H groups in total. The van der Waals surface area contributed by atoms with E-state index < -0.39 is 0 Å². The van der Waals surface area contributed by atoms with Gasteiger partial charge in [0.25, 0.3) is 0 Å². The van der Waals surface area contributed by atoms with Gasteiger partial charge in [-0.2, -0.15) is 0 Å². The van der Waals surface area contributed by atoms with Gasteiger partial charge in [-0.05, 0) is 74.3 Å². The molecule has 6 rings (SSSR count). The van der Waals surface area contributed by atoms with E-state index in [4.69, 9.17) is 0 Å². The molecule has 0 bridgehead atoms. The lowest BCUT2D eigenvalue weighted by molar-refractivity contribution is 1.57. The first-order valence-corrected chi connectivity index (χ1v) is 12.4. The van der Waals surface area contributed by atoms with Crippen molar-refractivity contribution in [2.45, 2.75) is 6.92 Å². The summed E-state index contributed by atoms with van der Waals surface area (Å²) in [5.41, 5.74) is 3.86. The number of rotatable bonds is 3. The minimum atomic E-state index is 1.23. The van der Waals surface area contributed by atoms with Crippen molar-refractivity contribution in [3.05, 3.63) is 120 Å². The Labute approximate surface area is 203 Å². The van der Waals surface area contributed by atoms with Crippen molar-refractivity contribution in [3.8, 4) is 21.6 Å². The van der Waals surface area contributed by atoms with Gasteiger partial charge in [0.15, 0.2) is 0 Å². The second-order valence-corrected chi connectivity index (χ2v) is 9.62. The highest BCUT2D eigenvalue weighted by molar-refractivity contribution is 7.23. The highest BCUT2D eigenvalue weighted by Crippen LogP contribution is 2.45. The molecule has 0 saturated heterocycles. The lowest BCUT2D eigenvalue weighted by atomic mass is 9.96. The Morgan fingerprint density at radius 2 is 1.47 bits per heavy atom. The minimum Gasteiger partial charge on any atom is -0.135 e. The Bertz CT molecular complexity index is 1820. The smallest absolute Gasteiger partial charge is 0.0434 e. The molecule has 0 aliphatic rings. The van der Waals surface area contributed by atoms with Crippen LogP contribution in [0.4, 0.5) is 0 Å². The van der Waals surface area contributed by atoms with Crippen LogP contribution in [0.3, 0.4) is 0 Å². The van der Waals surface area contributed by atoms with Gasteiger partial charge in [-0.15, -0.1) is 11.3 Å². The Kier molecular flexibility index (Phi) is 5.13. The first kappa shape index (κ1) is 20.7. The maximum atomic E-state index is 3.93. The average Bonchev–Trinajstić information content (AvgIpc) is 3.28. The fraction of sp³-hybridized carbons (Fsp3) is 0.0303. The summed E-state index contributed by atoms with van der Waals surface area (Å²) in [5.74, 6) is 0. The molecule has 1 heteroatoms. The number of fused-ring (bicyclic) bond motifs is 3. The van der Waals surface area contributed by atoms with Crippen LogP contribution >= 0.6 is 11.3 Å². The molecule has 5 aromatic carbocycles. The number of hydrogen-bond donors (Lipinski definition) is 0. The van der Waals surface area contributed by atoms with Crippen LogP contribution in [-0.4, -0.2) is 0 Å². The first-order valence-electron chi connectivity index (χ1n) is 11.6. The third-order valence-electron chi connectivity index (χ3n) is 6.57. The highest BCUT2D eigenvalue weighted by atomic mass is 32.1. The topological polar surface area (TPSA) is 0 Å². The SMILES string of the molecule is C=CC=c1c(=CC)ccc2cc3cc(-c4sc5ccccc5c4-c4ccccc4)ccc3cc12. The molecular formula is C33H24S. The van der Waals surface area contributed by atoms with Crippen LogP contribution in [0.1, 0.15) is 6.92 Å². The first-order chi connectivity index (χ1) is 16.8. The minimum absolute atomic E-state index is 1.23. The van der Waals surface area contributed by atoms with Crippen molar-refractivity contribution in [2.75, 3.05) is 0 Å². The number of hydrogen-bond acceptors (Lipinski definition) is 1. The molecule has 0 saturated carbocycles. The zero-order chi connectivity index (χ0) is 23.1. The molecule has 0 radical (unpaired) electrons. The Morgan fingerprint density at radius 3 is 2.29 bits per heavy atom. The van der Waals surface area contributed by atoms with Gasteiger partial charge in [0, 0.05) is 20.5 Å². The fourth-order valence-corrected chi connectivity index (χ4v) is 6.17. The summed E-state index contributed by atoms with van der Waals surface area (Å²) in [4.78, 5) is 1.33. The van der Waals surface area contributed by atoms with E-state index in [0.29, 0.717) is 0 Å². The third-order valence-corrected chi connectivity index (χ3v) is 7.79. The fourth-order valence-electron chi connectivity index (χ4n) is 4.95. The molecule has 0 spiro atoms. The van der Waals surface area contributed by atoms with Crippen molar-refractivity contribution >= 4 is 55.1 Å². The molecular weight excluding hydrogens is 428 g/mol. The van der Waals surface area contributed by atoms with Gasteiger partial charge >= 0.3 is 0 Å². The molecule has 0 nitrogen and oxygen atoms in total. The second-order valence-electron chi connectivity index (χ2n) is 8.56. The molecule has 6 aromatic rings. The van der Waals surface area contributed by atoms with Crippen LogP contribution in [0.25, 0.3) is 65.4 Å². The van der Waals surface area contributed by atoms with E-state index in [1.54, 1.807) is 0 Å². The summed E-state index contributed by atoms with van der Waals surface area (Å²) in [6.45, 7) is 6.02. The van der Waals surface area contributed by atoms with Gasteiger partial charge in [-0.1, -0.05) is 97.6 Å². The van der Waals surface area contributed by atoms with Crippen molar-refractivity contribution in [1.29, 1.82) is 0 Å². The summed E-state index contributed by atoms with van der Waals surface area (Å²) in [6.07, 6.45) is 6.15. The van der Waals surface area contributed by atoms with Crippen LogP contribution in [0.5, 0.6) is 0 Å². The third kappa shape index (κ3) is 3.37. The van der Waals surface area contributed by atoms with E-state index in [0.717, 1.165) is 0 Å². The molecule has 162 valence electrons. The summed E-state index contributed by atoms with van der Waals surface area (Å²) in [5, 5.41) is 8.83. The van der Waals surface area contributed by atoms with E-state index in [9.17, 15) is 0 Å².